The number of methoxy groups -OCH3 is 1. The first-order chi connectivity index (χ1) is 10.3. The van der Waals surface area contributed by atoms with E-state index in [1.807, 2.05) is 21.5 Å². The second-order valence-corrected chi connectivity index (χ2v) is 5.06. The SMILES string of the molecule is COCC(=O)N1CCCN(c2ccnc3ccnn23)CC1. The molecule has 1 aliphatic rings. The van der Waals surface area contributed by atoms with Gasteiger partial charge in [-0.25, -0.2) is 4.98 Å². The van der Waals surface area contributed by atoms with Crippen LogP contribution in [0.25, 0.3) is 5.65 Å². The Kier molecular flexibility index (Phi) is 4.01. The lowest BCUT2D eigenvalue weighted by molar-refractivity contribution is -0.134. The zero-order chi connectivity index (χ0) is 14.7. The van der Waals surface area contributed by atoms with Gasteiger partial charge in [0.25, 0.3) is 0 Å². The Morgan fingerprint density at radius 2 is 2.14 bits per heavy atom. The average Bonchev–Trinajstić information content (AvgIpc) is 2.84. The molecule has 2 aromatic heterocycles. The first-order valence-corrected chi connectivity index (χ1v) is 7.10. The highest BCUT2D eigenvalue weighted by Gasteiger charge is 2.20. The smallest absolute Gasteiger partial charge is 0.248 e. The third kappa shape index (κ3) is 2.82. The molecule has 112 valence electrons. The lowest BCUT2D eigenvalue weighted by Crippen LogP contribution is -2.37. The number of carbonyl (C=O) groups is 1. The molecular weight excluding hydrogens is 270 g/mol. The summed E-state index contributed by atoms with van der Waals surface area (Å²) < 4.78 is 6.77. The average molecular weight is 289 g/mol. The minimum atomic E-state index is 0.0540. The molecule has 3 heterocycles. The maximum absolute atomic E-state index is 11.9. The van der Waals surface area contributed by atoms with E-state index in [4.69, 9.17) is 4.74 Å². The van der Waals surface area contributed by atoms with Gasteiger partial charge in [-0.3, -0.25) is 4.79 Å². The summed E-state index contributed by atoms with van der Waals surface area (Å²) in [5.41, 5.74) is 0.837. The van der Waals surface area contributed by atoms with Crippen LogP contribution in [0.15, 0.2) is 24.5 Å². The van der Waals surface area contributed by atoms with Gasteiger partial charge >= 0.3 is 0 Å². The molecule has 0 unspecified atom stereocenters. The summed E-state index contributed by atoms with van der Waals surface area (Å²) in [6, 6.07) is 3.85. The number of amides is 1. The number of rotatable bonds is 3. The zero-order valence-electron chi connectivity index (χ0n) is 12.1. The third-order valence-corrected chi connectivity index (χ3v) is 3.71. The number of fused-ring (bicyclic) bond motifs is 1. The molecule has 3 rings (SSSR count). The van der Waals surface area contributed by atoms with Gasteiger partial charge in [-0.05, 0) is 12.5 Å². The summed E-state index contributed by atoms with van der Waals surface area (Å²) in [6.45, 7) is 3.31. The van der Waals surface area contributed by atoms with E-state index in [1.54, 1.807) is 19.5 Å². The topological polar surface area (TPSA) is 63.0 Å². The van der Waals surface area contributed by atoms with Gasteiger partial charge in [0.1, 0.15) is 12.4 Å². The predicted molar refractivity (Wildman–Crippen MR) is 78.3 cm³/mol. The molecule has 0 N–H and O–H groups in total. The van der Waals surface area contributed by atoms with E-state index in [0.717, 1.165) is 37.5 Å². The Bertz CT molecular complexity index is 627. The van der Waals surface area contributed by atoms with Gasteiger partial charge in [0.2, 0.25) is 5.91 Å². The van der Waals surface area contributed by atoms with Crippen molar-refractivity contribution in [2.24, 2.45) is 0 Å². The Morgan fingerprint density at radius 3 is 3.00 bits per heavy atom. The molecule has 0 bridgehead atoms. The van der Waals surface area contributed by atoms with Crippen LogP contribution in [0.2, 0.25) is 0 Å². The Balaban J connectivity index is 1.76. The van der Waals surface area contributed by atoms with Crippen molar-refractivity contribution >= 4 is 17.4 Å². The predicted octanol–water partition coefficient (Wildman–Crippen LogP) is 0.414. The lowest BCUT2D eigenvalue weighted by atomic mass is 10.3. The number of aromatic nitrogens is 3. The molecule has 2 aromatic rings. The standard InChI is InChI=1S/C14H19N5O2/c1-21-11-14(20)18-8-2-7-17(9-10-18)13-4-5-15-12-3-6-16-19(12)13/h3-6H,2,7-11H2,1H3. The summed E-state index contributed by atoms with van der Waals surface area (Å²) in [4.78, 5) is 20.3. The van der Waals surface area contributed by atoms with Crippen LogP contribution in [-0.2, 0) is 9.53 Å². The summed E-state index contributed by atoms with van der Waals surface area (Å²) in [5, 5.41) is 4.32. The number of carbonyl (C=O) groups excluding carboxylic acids is 1. The normalized spacial score (nSPS) is 16.2. The second-order valence-electron chi connectivity index (χ2n) is 5.06. The van der Waals surface area contributed by atoms with E-state index in [0.29, 0.717) is 6.54 Å². The van der Waals surface area contributed by atoms with E-state index < -0.39 is 0 Å². The molecular formula is C14H19N5O2. The van der Waals surface area contributed by atoms with Crippen molar-refractivity contribution in [3.05, 3.63) is 24.5 Å². The maximum atomic E-state index is 11.9. The minimum Gasteiger partial charge on any atom is -0.375 e. The molecule has 1 aliphatic heterocycles. The zero-order valence-corrected chi connectivity index (χ0v) is 12.1. The van der Waals surface area contributed by atoms with Crippen molar-refractivity contribution in [1.29, 1.82) is 0 Å². The Labute approximate surface area is 123 Å². The van der Waals surface area contributed by atoms with Crippen molar-refractivity contribution in [3.8, 4) is 0 Å². The van der Waals surface area contributed by atoms with Gasteiger partial charge in [0, 0.05) is 45.6 Å². The van der Waals surface area contributed by atoms with Crippen molar-refractivity contribution in [2.45, 2.75) is 6.42 Å². The fraction of sp³-hybridized carbons (Fsp3) is 0.500. The molecule has 0 atom stereocenters. The number of ether oxygens (including phenoxy) is 1. The van der Waals surface area contributed by atoms with Gasteiger partial charge in [-0.15, -0.1) is 0 Å². The fourth-order valence-electron chi connectivity index (χ4n) is 2.67. The second kappa shape index (κ2) is 6.09. The maximum Gasteiger partial charge on any atom is 0.248 e. The molecule has 0 aliphatic carbocycles. The molecule has 0 aromatic carbocycles. The van der Waals surface area contributed by atoms with Gasteiger partial charge in [0.15, 0.2) is 5.65 Å². The highest BCUT2D eigenvalue weighted by atomic mass is 16.5. The van der Waals surface area contributed by atoms with Crippen molar-refractivity contribution in [2.75, 3.05) is 44.8 Å². The Morgan fingerprint density at radius 1 is 1.24 bits per heavy atom. The monoisotopic (exact) mass is 289 g/mol. The van der Waals surface area contributed by atoms with Crippen LogP contribution in [0.3, 0.4) is 0 Å². The molecule has 1 saturated heterocycles. The van der Waals surface area contributed by atoms with E-state index >= 15 is 0 Å². The van der Waals surface area contributed by atoms with Crippen LogP contribution >= 0.6 is 0 Å². The molecule has 0 radical (unpaired) electrons. The van der Waals surface area contributed by atoms with Crippen LogP contribution in [-0.4, -0.2) is 65.3 Å². The van der Waals surface area contributed by atoms with Crippen LogP contribution in [0.4, 0.5) is 5.82 Å². The van der Waals surface area contributed by atoms with E-state index in [1.165, 1.54) is 0 Å². The van der Waals surface area contributed by atoms with Crippen molar-refractivity contribution in [1.82, 2.24) is 19.5 Å². The van der Waals surface area contributed by atoms with Gasteiger partial charge in [0.05, 0.1) is 6.20 Å². The van der Waals surface area contributed by atoms with Crippen molar-refractivity contribution < 1.29 is 9.53 Å². The van der Waals surface area contributed by atoms with Crippen molar-refractivity contribution in [3.63, 3.8) is 0 Å². The Hall–Kier alpha value is -2.15. The van der Waals surface area contributed by atoms with E-state index in [2.05, 4.69) is 15.0 Å². The summed E-state index contributed by atoms with van der Waals surface area (Å²) >= 11 is 0. The number of hydrogen-bond donors (Lipinski definition) is 0. The highest BCUT2D eigenvalue weighted by Crippen LogP contribution is 2.16. The summed E-state index contributed by atoms with van der Waals surface area (Å²) in [5.74, 6) is 1.07. The molecule has 0 saturated carbocycles. The van der Waals surface area contributed by atoms with Gasteiger partial charge in [-0.1, -0.05) is 0 Å². The largest absolute Gasteiger partial charge is 0.375 e. The molecule has 1 amide bonds. The van der Waals surface area contributed by atoms with E-state index in [-0.39, 0.29) is 12.5 Å². The molecule has 7 nitrogen and oxygen atoms in total. The van der Waals surface area contributed by atoms with Gasteiger partial charge in [-0.2, -0.15) is 9.61 Å². The molecule has 7 heteroatoms. The fourth-order valence-corrected chi connectivity index (χ4v) is 2.67. The summed E-state index contributed by atoms with van der Waals surface area (Å²) in [6.07, 6.45) is 4.48. The first-order valence-electron chi connectivity index (χ1n) is 7.10. The quantitative estimate of drug-likeness (QED) is 0.819. The van der Waals surface area contributed by atoms with Crippen LogP contribution in [0.5, 0.6) is 0 Å². The van der Waals surface area contributed by atoms with Crippen LogP contribution in [0.1, 0.15) is 6.42 Å². The minimum absolute atomic E-state index is 0.0540. The van der Waals surface area contributed by atoms with Crippen LogP contribution in [0, 0.1) is 0 Å². The third-order valence-electron chi connectivity index (χ3n) is 3.71. The molecule has 0 spiro atoms. The molecule has 1 fully saturated rings. The lowest BCUT2D eigenvalue weighted by Gasteiger charge is -2.23. The van der Waals surface area contributed by atoms with E-state index in [9.17, 15) is 4.79 Å². The van der Waals surface area contributed by atoms with Gasteiger partial charge < -0.3 is 14.5 Å². The summed E-state index contributed by atoms with van der Waals surface area (Å²) in [7, 11) is 1.55. The van der Waals surface area contributed by atoms with Crippen LogP contribution < -0.4 is 4.90 Å². The number of hydrogen-bond acceptors (Lipinski definition) is 5. The number of nitrogens with zero attached hydrogens (tertiary/aromatic N) is 5. The number of anilines is 1. The highest BCUT2D eigenvalue weighted by molar-refractivity contribution is 5.77. The first kappa shape index (κ1) is 13.8. The molecule has 21 heavy (non-hydrogen) atoms.